The second-order valence-electron chi connectivity index (χ2n) is 4.94. The van der Waals surface area contributed by atoms with Gasteiger partial charge >= 0.3 is 0 Å². The molecule has 2 heterocycles. The molecule has 122 valence electrons. The summed E-state index contributed by atoms with van der Waals surface area (Å²) in [4.78, 5) is 12.1. The molecule has 6 nitrogen and oxygen atoms in total. The number of carbonyl (C=O) groups is 1. The van der Waals surface area contributed by atoms with Gasteiger partial charge in [0.05, 0.1) is 0 Å². The molecule has 0 saturated heterocycles. The number of carbonyl (C=O) groups excluding carboxylic acids is 1. The number of amides is 1. The number of rotatable bonds is 6. The van der Waals surface area contributed by atoms with Crippen LogP contribution in [0.3, 0.4) is 0 Å². The van der Waals surface area contributed by atoms with Crippen LogP contribution in [-0.4, -0.2) is 41.1 Å². The second-order valence-corrected chi connectivity index (χ2v) is 7.47. The van der Waals surface area contributed by atoms with Gasteiger partial charge in [0.25, 0.3) is 5.91 Å². The number of nitrogens with one attached hydrogen (secondary N) is 1. The number of aryl methyl sites for hydroxylation is 1. The molecule has 1 aliphatic rings. The summed E-state index contributed by atoms with van der Waals surface area (Å²) in [7, 11) is 0. The molecule has 1 atom stereocenters. The Kier molecular flexibility index (Phi) is 5.35. The molecule has 2 aromatic rings. The average Bonchev–Trinajstić information content (AvgIpc) is 2.99. The van der Waals surface area contributed by atoms with Crippen molar-refractivity contribution in [2.75, 3.05) is 18.9 Å². The molecule has 0 fully saturated rings. The topological polar surface area (TPSA) is 73.3 Å². The molecule has 0 aliphatic carbocycles. The number of thioether (sulfide) groups is 1. The van der Waals surface area contributed by atoms with Crippen LogP contribution in [0.25, 0.3) is 0 Å². The summed E-state index contributed by atoms with van der Waals surface area (Å²) in [5.74, 6) is 2.04. The summed E-state index contributed by atoms with van der Waals surface area (Å²) >= 11 is 3.24. The largest absolute Gasteiger partial charge is 0.485 e. The van der Waals surface area contributed by atoms with Gasteiger partial charge in [0, 0.05) is 12.3 Å². The van der Waals surface area contributed by atoms with E-state index in [1.807, 2.05) is 25.1 Å². The first-order chi connectivity index (χ1) is 11.2. The molecule has 0 saturated carbocycles. The van der Waals surface area contributed by atoms with Gasteiger partial charge in [-0.1, -0.05) is 35.2 Å². The Bertz CT molecular complexity index is 677. The van der Waals surface area contributed by atoms with E-state index in [1.54, 1.807) is 29.2 Å². The van der Waals surface area contributed by atoms with Crippen LogP contribution in [0.1, 0.15) is 11.4 Å². The average molecular weight is 351 g/mol. The van der Waals surface area contributed by atoms with Gasteiger partial charge < -0.3 is 14.8 Å². The van der Waals surface area contributed by atoms with Crippen molar-refractivity contribution in [2.24, 2.45) is 0 Å². The maximum absolute atomic E-state index is 12.1. The van der Waals surface area contributed by atoms with Crippen LogP contribution in [0, 0.1) is 6.92 Å². The van der Waals surface area contributed by atoms with Gasteiger partial charge in [-0.2, -0.15) is 0 Å². The summed E-state index contributed by atoms with van der Waals surface area (Å²) < 4.78 is 12.2. The molecular weight excluding hydrogens is 334 g/mol. The molecule has 3 rings (SSSR count). The third-order valence-electron chi connectivity index (χ3n) is 3.15. The van der Waals surface area contributed by atoms with Crippen molar-refractivity contribution in [3.8, 4) is 11.5 Å². The summed E-state index contributed by atoms with van der Waals surface area (Å²) in [6, 6.07) is 7.36. The molecule has 1 unspecified atom stereocenters. The van der Waals surface area contributed by atoms with Gasteiger partial charge in [-0.05, 0) is 25.5 Å². The lowest BCUT2D eigenvalue weighted by molar-refractivity contribution is -0.130. The third kappa shape index (κ3) is 4.35. The molecule has 1 N–H and O–H groups in total. The second kappa shape index (κ2) is 7.65. The number of hydrogen-bond donors (Lipinski definition) is 1. The zero-order chi connectivity index (χ0) is 16.1. The first-order valence-electron chi connectivity index (χ1n) is 7.31. The van der Waals surface area contributed by atoms with Crippen LogP contribution in [0.4, 0.5) is 0 Å². The summed E-state index contributed by atoms with van der Waals surface area (Å²) in [6.45, 7) is 2.78. The third-order valence-corrected chi connectivity index (χ3v) is 5.21. The molecule has 1 aromatic carbocycles. The van der Waals surface area contributed by atoms with Crippen molar-refractivity contribution >= 4 is 29.0 Å². The fourth-order valence-corrected chi connectivity index (χ4v) is 3.87. The van der Waals surface area contributed by atoms with Gasteiger partial charge in [-0.25, -0.2) is 0 Å². The summed E-state index contributed by atoms with van der Waals surface area (Å²) in [6.07, 6.45) is 0.266. The number of benzene rings is 1. The minimum absolute atomic E-state index is 0.142. The highest BCUT2D eigenvalue weighted by Crippen LogP contribution is 2.30. The maximum atomic E-state index is 12.1. The van der Waals surface area contributed by atoms with Crippen molar-refractivity contribution in [2.45, 2.75) is 23.8 Å². The molecule has 0 bridgehead atoms. The number of nitrogens with zero attached hydrogens (tertiary/aromatic N) is 2. The standard InChI is InChI=1S/C15H17N3O3S2/c1-10-17-18-15(23-10)22-8-4-7-16-14(19)13-9-20-11-5-2-3-6-12(11)21-13/h2-3,5-6,13H,4,7-9H2,1H3,(H,16,19). The van der Waals surface area contributed by atoms with Gasteiger partial charge in [-0.3, -0.25) is 4.79 Å². The number of ether oxygens (including phenoxy) is 2. The SMILES string of the molecule is Cc1nnc(SCCCNC(=O)C2COc3ccccc3O2)s1. The van der Waals surface area contributed by atoms with Crippen LogP contribution < -0.4 is 14.8 Å². The van der Waals surface area contributed by atoms with E-state index >= 15 is 0 Å². The Morgan fingerprint density at radius 2 is 2.22 bits per heavy atom. The lowest BCUT2D eigenvalue weighted by atomic mass is 10.2. The summed E-state index contributed by atoms with van der Waals surface area (Å²) in [5.41, 5.74) is 0. The Balaban J connectivity index is 1.37. The fourth-order valence-electron chi connectivity index (χ4n) is 2.04. The van der Waals surface area contributed by atoms with Crippen LogP contribution in [0.2, 0.25) is 0 Å². The zero-order valence-corrected chi connectivity index (χ0v) is 14.3. The van der Waals surface area contributed by atoms with Gasteiger partial charge in [0.2, 0.25) is 6.10 Å². The monoisotopic (exact) mass is 351 g/mol. The number of para-hydroxylation sites is 2. The highest BCUT2D eigenvalue weighted by Gasteiger charge is 2.26. The Morgan fingerprint density at radius 3 is 3.00 bits per heavy atom. The normalized spacial score (nSPS) is 16.1. The Morgan fingerprint density at radius 1 is 1.39 bits per heavy atom. The smallest absolute Gasteiger partial charge is 0.264 e. The van der Waals surface area contributed by atoms with Crippen LogP contribution in [0.15, 0.2) is 28.6 Å². The van der Waals surface area contributed by atoms with Crippen LogP contribution in [-0.2, 0) is 4.79 Å². The molecule has 1 aliphatic heterocycles. The van der Waals surface area contributed by atoms with Crippen molar-refractivity contribution in [1.82, 2.24) is 15.5 Å². The van der Waals surface area contributed by atoms with E-state index < -0.39 is 6.10 Å². The summed E-state index contributed by atoms with van der Waals surface area (Å²) in [5, 5.41) is 11.9. The van der Waals surface area contributed by atoms with Crippen LogP contribution in [0.5, 0.6) is 11.5 Å². The maximum Gasteiger partial charge on any atom is 0.264 e. The molecular formula is C15H17N3O3S2. The lowest BCUT2D eigenvalue weighted by Crippen LogP contribution is -2.44. The zero-order valence-electron chi connectivity index (χ0n) is 12.7. The predicted octanol–water partition coefficient (Wildman–Crippen LogP) is 2.28. The number of fused-ring (bicyclic) bond motifs is 1. The minimum atomic E-state index is -0.594. The van der Waals surface area contributed by atoms with Crippen molar-refractivity contribution in [3.05, 3.63) is 29.3 Å². The van der Waals surface area contributed by atoms with Crippen molar-refractivity contribution < 1.29 is 14.3 Å². The Labute approximate surface area is 142 Å². The van der Waals surface area contributed by atoms with Crippen molar-refractivity contribution in [3.63, 3.8) is 0 Å². The lowest BCUT2D eigenvalue weighted by Gasteiger charge is -2.25. The van der Waals surface area contributed by atoms with E-state index in [2.05, 4.69) is 15.5 Å². The molecule has 0 radical (unpaired) electrons. The molecule has 23 heavy (non-hydrogen) atoms. The molecule has 0 spiro atoms. The van der Waals surface area contributed by atoms with E-state index in [0.29, 0.717) is 18.0 Å². The highest BCUT2D eigenvalue weighted by molar-refractivity contribution is 8.01. The van der Waals surface area contributed by atoms with E-state index in [-0.39, 0.29) is 12.5 Å². The number of hydrogen-bond acceptors (Lipinski definition) is 7. The van der Waals surface area contributed by atoms with Gasteiger partial charge in [0.15, 0.2) is 15.8 Å². The van der Waals surface area contributed by atoms with E-state index in [0.717, 1.165) is 21.5 Å². The van der Waals surface area contributed by atoms with Gasteiger partial charge in [-0.15, -0.1) is 10.2 Å². The van der Waals surface area contributed by atoms with Crippen molar-refractivity contribution in [1.29, 1.82) is 0 Å². The van der Waals surface area contributed by atoms with E-state index in [4.69, 9.17) is 9.47 Å². The first kappa shape index (κ1) is 16.1. The Hall–Kier alpha value is -1.80. The van der Waals surface area contributed by atoms with E-state index in [1.165, 1.54) is 0 Å². The molecule has 8 heteroatoms. The minimum Gasteiger partial charge on any atom is -0.485 e. The van der Waals surface area contributed by atoms with E-state index in [9.17, 15) is 4.79 Å². The first-order valence-corrected chi connectivity index (χ1v) is 9.11. The molecule has 1 aromatic heterocycles. The fraction of sp³-hybridized carbons (Fsp3) is 0.400. The van der Waals surface area contributed by atoms with Crippen LogP contribution >= 0.6 is 23.1 Å². The number of aromatic nitrogens is 2. The molecule has 1 amide bonds. The van der Waals surface area contributed by atoms with Gasteiger partial charge in [0.1, 0.15) is 11.6 Å². The quantitative estimate of drug-likeness (QED) is 0.636. The predicted molar refractivity (Wildman–Crippen MR) is 89.3 cm³/mol. The highest BCUT2D eigenvalue weighted by atomic mass is 32.2.